The van der Waals surface area contributed by atoms with Crippen molar-refractivity contribution < 1.29 is 14.3 Å². The highest BCUT2D eigenvalue weighted by molar-refractivity contribution is 5.73. The molecule has 1 N–H and O–H groups in total. The summed E-state index contributed by atoms with van der Waals surface area (Å²) in [6, 6.07) is 5.19. The number of fused-ring (bicyclic) bond motifs is 1. The summed E-state index contributed by atoms with van der Waals surface area (Å²) in [7, 11) is 3.10. The second-order valence-electron chi connectivity index (χ2n) is 3.87. The number of hydrogen-bond donors (Lipinski definition) is 1. The van der Waals surface area contributed by atoms with Gasteiger partial charge in [0.15, 0.2) is 5.58 Å². The Morgan fingerprint density at radius 2 is 2.24 bits per heavy atom. The first kappa shape index (κ1) is 11.3. The van der Waals surface area contributed by atoms with Gasteiger partial charge in [0.05, 0.1) is 5.52 Å². The van der Waals surface area contributed by atoms with E-state index in [1.165, 1.54) is 11.6 Å². The molecule has 0 atom stereocenters. The molecular weight excluding hydrogens is 224 g/mol. The van der Waals surface area contributed by atoms with E-state index in [2.05, 4.69) is 0 Å². The maximum absolute atomic E-state index is 11.3. The van der Waals surface area contributed by atoms with Crippen molar-refractivity contribution in [2.24, 2.45) is 7.05 Å². The summed E-state index contributed by atoms with van der Waals surface area (Å²) in [5.74, 6) is -0.427. The minimum Gasteiger partial charge on any atom is -0.465 e. The second-order valence-corrected chi connectivity index (χ2v) is 3.87. The minimum atomic E-state index is -1.00. The number of rotatable bonds is 2. The lowest BCUT2D eigenvalue weighted by Gasteiger charge is -2.12. The number of oxazole rings is 1. The summed E-state index contributed by atoms with van der Waals surface area (Å²) in [4.78, 5) is 23.1. The number of hydrogen-bond acceptors (Lipinski definition) is 3. The fraction of sp³-hybridized carbons (Fsp3) is 0.273. The summed E-state index contributed by atoms with van der Waals surface area (Å²) in [5, 5.41) is 8.75. The molecule has 6 heteroatoms. The van der Waals surface area contributed by atoms with E-state index < -0.39 is 11.8 Å². The van der Waals surface area contributed by atoms with Gasteiger partial charge in [0, 0.05) is 20.6 Å². The molecule has 0 saturated heterocycles. The van der Waals surface area contributed by atoms with Crippen LogP contribution >= 0.6 is 0 Å². The van der Waals surface area contributed by atoms with Gasteiger partial charge in [0.25, 0.3) is 0 Å². The molecule has 0 fully saturated rings. The summed E-state index contributed by atoms with van der Waals surface area (Å²) in [6.07, 6.45) is -1.00. The fourth-order valence-corrected chi connectivity index (χ4v) is 1.62. The average molecular weight is 236 g/mol. The molecule has 0 radical (unpaired) electrons. The van der Waals surface area contributed by atoms with Gasteiger partial charge in [0.1, 0.15) is 0 Å². The van der Waals surface area contributed by atoms with E-state index in [1.807, 2.05) is 0 Å². The van der Waals surface area contributed by atoms with E-state index >= 15 is 0 Å². The van der Waals surface area contributed by atoms with Gasteiger partial charge in [-0.3, -0.25) is 4.57 Å². The lowest BCUT2D eigenvalue weighted by atomic mass is 10.2. The number of nitrogens with zero attached hydrogens (tertiary/aromatic N) is 2. The Morgan fingerprint density at radius 3 is 2.88 bits per heavy atom. The molecular formula is C11H12N2O4. The van der Waals surface area contributed by atoms with E-state index in [0.717, 1.165) is 10.5 Å². The average Bonchev–Trinajstić information content (AvgIpc) is 2.54. The third-order valence-corrected chi connectivity index (χ3v) is 2.60. The Balaban J connectivity index is 2.38. The number of carbonyl (C=O) groups is 1. The van der Waals surface area contributed by atoms with Gasteiger partial charge in [-0.05, 0) is 17.7 Å². The zero-order valence-corrected chi connectivity index (χ0v) is 9.51. The maximum Gasteiger partial charge on any atom is 0.419 e. The molecule has 0 bridgehead atoms. The Labute approximate surface area is 96.7 Å². The number of benzene rings is 1. The number of carboxylic acid groups (broad SMARTS) is 1. The van der Waals surface area contributed by atoms with E-state index in [0.29, 0.717) is 11.1 Å². The van der Waals surface area contributed by atoms with Gasteiger partial charge in [-0.15, -0.1) is 0 Å². The molecule has 90 valence electrons. The highest BCUT2D eigenvalue weighted by atomic mass is 16.4. The first-order chi connectivity index (χ1) is 7.99. The molecule has 0 spiro atoms. The third-order valence-electron chi connectivity index (χ3n) is 2.60. The van der Waals surface area contributed by atoms with Crippen molar-refractivity contribution in [3.8, 4) is 0 Å². The van der Waals surface area contributed by atoms with Crippen LogP contribution in [0, 0.1) is 0 Å². The van der Waals surface area contributed by atoms with Crippen LogP contribution in [0.4, 0.5) is 4.79 Å². The molecule has 1 heterocycles. The molecule has 0 aliphatic rings. The third kappa shape index (κ3) is 2.01. The predicted octanol–water partition coefficient (Wildman–Crippen LogP) is 1.24. The smallest absolute Gasteiger partial charge is 0.419 e. The molecule has 2 aromatic rings. The monoisotopic (exact) mass is 236 g/mol. The van der Waals surface area contributed by atoms with Crippen LogP contribution in [0.5, 0.6) is 0 Å². The van der Waals surface area contributed by atoms with E-state index in [4.69, 9.17) is 9.52 Å². The SMILES string of the molecule is CN(Cc1ccc2c(c1)oc(=O)n2C)C(=O)O. The first-order valence-electron chi connectivity index (χ1n) is 5.01. The zero-order valence-electron chi connectivity index (χ0n) is 9.51. The van der Waals surface area contributed by atoms with Gasteiger partial charge in [-0.25, -0.2) is 9.59 Å². The zero-order chi connectivity index (χ0) is 12.6. The van der Waals surface area contributed by atoms with Crippen LogP contribution in [0.3, 0.4) is 0 Å². The van der Waals surface area contributed by atoms with E-state index in [1.54, 1.807) is 25.2 Å². The van der Waals surface area contributed by atoms with Gasteiger partial charge in [0.2, 0.25) is 0 Å². The van der Waals surface area contributed by atoms with Gasteiger partial charge < -0.3 is 14.4 Å². The molecule has 6 nitrogen and oxygen atoms in total. The highest BCUT2D eigenvalue weighted by Gasteiger charge is 2.09. The number of aryl methyl sites for hydroxylation is 1. The largest absolute Gasteiger partial charge is 0.465 e. The Kier molecular flexibility index (Phi) is 2.63. The van der Waals surface area contributed by atoms with Crippen LogP contribution < -0.4 is 5.76 Å². The summed E-state index contributed by atoms with van der Waals surface area (Å²) in [6.45, 7) is 0.254. The molecule has 0 saturated carbocycles. The van der Waals surface area contributed by atoms with Crippen LogP contribution in [0.15, 0.2) is 27.4 Å². The minimum absolute atomic E-state index is 0.254. The van der Waals surface area contributed by atoms with Crippen molar-refractivity contribution in [3.63, 3.8) is 0 Å². The van der Waals surface area contributed by atoms with Crippen molar-refractivity contribution in [1.82, 2.24) is 9.47 Å². The van der Waals surface area contributed by atoms with Crippen molar-refractivity contribution in [1.29, 1.82) is 0 Å². The van der Waals surface area contributed by atoms with Crippen LogP contribution in [-0.2, 0) is 13.6 Å². The van der Waals surface area contributed by atoms with Crippen molar-refractivity contribution in [2.45, 2.75) is 6.54 Å². The Bertz CT molecular complexity index is 626. The van der Waals surface area contributed by atoms with Crippen molar-refractivity contribution in [2.75, 3.05) is 7.05 Å². The van der Waals surface area contributed by atoms with Crippen molar-refractivity contribution >= 4 is 17.2 Å². The summed E-state index contributed by atoms with van der Waals surface area (Å²) < 4.78 is 6.43. The highest BCUT2D eigenvalue weighted by Crippen LogP contribution is 2.15. The number of amides is 1. The van der Waals surface area contributed by atoms with E-state index in [-0.39, 0.29) is 6.54 Å². The lowest BCUT2D eigenvalue weighted by Crippen LogP contribution is -2.23. The molecule has 1 aromatic carbocycles. The molecule has 1 aromatic heterocycles. The molecule has 1 amide bonds. The van der Waals surface area contributed by atoms with Gasteiger partial charge in [-0.2, -0.15) is 0 Å². The topological polar surface area (TPSA) is 75.7 Å². The fourth-order valence-electron chi connectivity index (χ4n) is 1.62. The second kappa shape index (κ2) is 3.97. The van der Waals surface area contributed by atoms with Crippen LogP contribution in [0.25, 0.3) is 11.1 Å². The standard InChI is InChI=1S/C11H12N2O4/c1-12(10(14)15)6-7-3-4-8-9(5-7)17-11(16)13(8)2/h3-5H,6H2,1-2H3,(H,14,15). The quantitative estimate of drug-likeness (QED) is 0.851. The van der Waals surface area contributed by atoms with Crippen LogP contribution in [-0.4, -0.2) is 27.7 Å². The Morgan fingerprint density at radius 1 is 1.53 bits per heavy atom. The first-order valence-corrected chi connectivity index (χ1v) is 5.01. The number of aromatic nitrogens is 1. The van der Waals surface area contributed by atoms with Crippen LogP contribution in [0.2, 0.25) is 0 Å². The lowest BCUT2D eigenvalue weighted by molar-refractivity contribution is 0.154. The van der Waals surface area contributed by atoms with Crippen LogP contribution in [0.1, 0.15) is 5.56 Å². The van der Waals surface area contributed by atoms with Gasteiger partial charge in [-0.1, -0.05) is 6.07 Å². The molecule has 0 unspecified atom stereocenters. The molecule has 0 aliphatic carbocycles. The van der Waals surface area contributed by atoms with E-state index in [9.17, 15) is 9.59 Å². The normalized spacial score (nSPS) is 10.7. The molecule has 2 rings (SSSR count). The van der Waals surface area contributed by atoms with Gasteiger partial charge >= 0.3 is 11.8 Å². The maximum atomic E-state index is 11.3. The van der Waals surface area contributed by atoms with Crippen molar-refractivity contribution in [3.05, 3.63) is 34.3 Å². The summed E-state index contributed by atoms with van der Waals surface area (Å²) in [5.41, 5.74) is 1.93. The molecule has 0 aliphatic heterocycles. The summed E-state index contributed by atoms with van der Waals surface area (Å²) >= 11 is 0. The predicted molar refractivity (Wildman–Crippen MR) is 60.9 cm³/mol. The molecule has 17 heavy (non-hydrogen) atoms. The Hall–Kier alpha value is -2.24.